The van der Waals surface area contributed by atoms with Gasteiger partial charge in [-0.25, -0.2) is 13.2 Å². The molecule has 0 amide bonds. The molecule has 0 spiro atoms. The topological polar surface area (TPSA) is 35.2 Å². The van der Waals surface area contributed by atoms with E-state index in [0.717, 1.165) is 12.1 Å². The van der Waals surface area contributed by atoms with Gasteiger partial charge < -0.3 is 10.5 Å². The van der Waals surface area contributed by atoms with Crippen molar-refractivity contribution in [1.82, 2.24) is 0 Å². The van der Waals surface area contributed by atoms with Crippen LogP contribution in [0, 0.1) is 17.5 Å². The zero-order valence-corrected chi connectivity index (χ0v) is 11.1. The Morgan fingerprint density at radius 1 is 1.10 bits per heavy atom. The summed E-state index contributed by atoms with van der Waals surface area (Å²) in [4.78, 5) is 0. The van der Waals surface area contributed by atoms with Gasteiger partial charge in [-0.05, 0) is 42.8 Å². The number of benzene rings is 2. The average Bonchev–Trinajstić information content (AvgIpc) is 2.39. The standard InChI is InChI=1S/C14H11ClF3NO/c15-9-2-1-3-12(13(9)18)20-14-10(16)6-8(4-5-19)7-11(14)17/h1-3,6-7H,4-5,19H2. The summed E-state index contributed by atoms with van der Waals surface area (Å²) < 4.78 is 46.2. The second kappa shape index (κ2) is 6.15. The molecule has 2 aromatic rings. The predicted octanol–water partition coefficient (Wildman–Crippen LogP) is 4.05. The van der Waals surface area contributed by atoms with Crippen molar-refractivity contribution in [2.24, 2.45) is 5.73 Å². The molecular weight excluding hydrogens is 291 g/mol. The predicted molar refractivity (Wildman–Crippen MR) is 70.6 cm³/mol. The Kier molecular flexibility index (Phi) is 4.52. The van der Waals surface area contributed by atoms with Crippen molar-refractivity contribution in [3.63, 3.8) is 0 Å². The zero-order valence-electron chi connectivity index (χ0n) is 10.3. The second-order valence-electron chi connectivity index (χ2n) is 4.08. The largest absolute Gasteiger partial charge is 0.448 e. The van der Waals surface area contributed by atoms with Crippen molar-refractivity contribution in [1.29, 1.82) is 0 Å². The maximum absolute atomic E-state index is 13.8. The van der Waals surface area contributed by atoms with Gasteiger partial charge in [0, 0.05) is 0 Å². The minimum absolute atomic E-state index is 0.192. The summed E-state index contributed by atoms with van der Waals surface area (Å²) in [7, 11) is 0. The SMILES string of the molecule is NCCc1cc(F)c(Oc2cccc(Cl)c2F)c(F)c1. The minimum Gasteiger partial charge on any atom is -0.448 e. The van der Waals surface area contributed by atoms with Crippen LogP contribution in [0.5, 0.6) is 11.5 Å². The molecule has 0 saturated heterocycles. The Morgan fingerprint density at radius 2 is 1.75 bits per heavy atom. The van der Waals surface area contributed by atoms with Gasteiger partial charge in [-0.15, -0.1) is 0 Å². The lowest BCUT2D eigenvalue weighted by Crippen LogP contribution is -2.04. The minimum atomic E-state index is -0.923. The van der Waals surface area contributed by atoms with Gasteiger partial charge in [0.05, 0.1) is 5.02 Å². The Balaban J connectivity index is 2.36. The highest BCUT2D eigenvalue weighted by molar-refractivity contribution is 6.30. The van der Waals surface area contributed by atoms with E-state index in [1.54, 1.807) is 0 Å². The van der Waals surface area contributed by atoms with Crippen molar-refractivity contribution < 1.29 is 17.9 Å². The van der Waals surface area contributed by atoms with E-state index in [2.05, 4.69) is 0 Å². The molecule has 0 saturated carbocycles. The molecule has 6 heteroatoms. The molecule has 0 fully saturated rings. The number of hydrogen-bond acceptors (Lipinski definition) is 2. The Bertz CT molecular complexity index is 611. The molecular formula is C14H11ClF3NO. The first-order valence-electron chi connectivity index (χ1n) is 5.82. The number of ether oxygens (including phenoxy) is 1. The summed E-state index contributed by atoms with van der Waals surface area (Å²) in [5.74, 6) is -3.74. The van der Waals surface area contributed by atoms with Gasteiger partial charge >= 0.3 is 0 Å². The van der Waals surface area contributed by atoms with Crippen LogP contribution < -0.4 is 10.5 Å². The monoisotopic (exact) mass is 301 g/mol. The molecule has 0 aliphatic carbocycles. The van der Waals surface area contributed by atoms with Crippen LogP contribution in [0.25, 0.3) is 0 Å². The van der Waals surface area contributed by atoms with Crippen LogP contribution in [0.4, 0.5) is 13.2 Å². The smallest absolute Gasteiger partial charge is 0.198 e. The molecule has 0 aliphatic rings. The third-order valence-electron chi connectivity index (χ3n) is 2.62. The molecule has 2 nitrogen and oxygen atoms in total. The van der Waals surface area contributed by atoms with E-state index in [0.29, 0.717) is 12.0 Å². The number of nitrogens with two attached hydrogens (primary N) is 1. The van der Waals surface area contributed by atoms with E-state index < -0.39 is 23.2 Å². The van der Waals surface area contributed by atoms with Crippen LogP contribution in [0.2, 0.25) is 5.02 Å². The van der Waals surface area contributed by atoms with Crippen molar-refractivity contribution in [3.8, 4) is 11.5 Å². The molecule has 0 bridgehead atoms. The summed E-state index contributed by atoms with van der Waals surface area (Å²) in [5.41, 5.74) is 5.72. The first-order chi connectivity index (χ1) is 9.52. The fourth-order valence-corrected chi connectivity index (χ4v) is 1.86. The quantitative estimate of drug-likeness (QED) is 0.924. The number of halogens is 4. The molecule has 20 heavy (non-hydrogen) atoms. The fourth-order valence-electron chi connectivity index (χ4n) is 1.69. The van der Waals surface area contributed by atoms with Crippen LogP contribution in [0.1, 0.15) is 5.56 Å². The molecule has 0 radical (unpaired) electrons. The van der Waals surface area contributed by atoms with Crippen LogP contribution in [0.15, 0.2) is 30.3 Å². The molecule has 106 valence electrons. The van der Waals surface area contributed by atoms with Crippen molar-refractivity contribution in [2.75, 3.05) is 6.54 Å². The highest BCUT2D eigenvalue weighted by Crippen LogP contribution is 2.32. The fraction of sp³-hybridized carbons (Fsp3) is 0.143. The lowest BCUT2D eigenvalue weighted by atomic mass is 10.1. The molecule has 0 atom stereocenters. The van der Waals surface area contributed by atoms with Gasteiger partial charge in [-0.3, -0.25) is 0 Å². The summed E-state index contributed by atoms with van der Waals surface area (Å²) in [6, 6.07) is 6.16. The van der Waals surface area contributed by atoms with Crippen LogP contribution >= 0.6 is 11.6 Å². The molecule has 2 aromatic carbocycles. The van der Waals surface area contributed by atoms with Gasteiger partial charge in [0.2, 0.25) is 0 Å². The third kappa shape index (κ3) is 3.05. The Morgan fingerprint density at radius 3 is 2.35 bits per heavy atom. The van der Waals surface area contributed by atoms with E-state index in [1.165, 1.54) is 18.2 Å². The molecule has 0 heterocycles. The van der Waals surface area contributed by atoms with Crippen molar-refractivity contribution >= 4 is 11.6 Å². The Labute approximate surface area is 118 Å². The zero-order chi connectivity index (χ0) is 14.7. The highest BCUT2D eigenvalue weighted by Gasteiger charge is 2.16. The summed E-state index contributed by atoms with van der Waals surface area (Å²) in [6.45, 7) is 0.266. The van der Waals surface area contributed by atoms with E-state index >= 15 is 0 Å². The highest BCUT2D eigenvalue weighted by atomic mass is 35.5. The van der Waals surface area contributed by atoms with E-state index in [-0.39, 0.29) is 17.3 Å². The van der Waals surface area contributed by atoms with Gasteiger partial charge in [-0.1, -0.05) is 17.7 Å². The first kappa shape index (κ1) is 14.7. The first-order valence-corrected chi connectivity index (χ1v) is 6.20. The van der Waals surface area contributed by atoms with Gasteiger partial charge in [0.25, 0.3) is 0 Å². The van der Waals surface area contributed by atoms with Crippen LogP contribution in [0.3, 0.4) is 0 Å². The van der Waals surface area contributed by atoms with Crippen molar-refractivity contribution in [2.45, 2.75) is 6.42 Å². The molecule has 2 N–H and O–H groups in total. The normalized spacial score (nSPS) is 10.7. The van der Waals surface area contributed by atoms with E-state index in [4.69, 9.17) is 22.1 Å². The lowest BCUT2D eigenvalue weighted by molar-refractivity contribution is 0.387. The second-order valence-corrected chi connectivity index (χ2v) is 4.49. The molecule has 0 aliphatic heterocycles. The van der Waals surface area contributed by atoms with E-state index in [1.807, 2.05) is 0 Å². The van der Waals surface area contributed by atoms with Gasteiger partial charge in [0.15, 0.2) is 29.0 Å². The van der Waals surface area contributed by atoms with Crippen LogP contribution in [-0.4, -0.2) is 6.54 Å². The maximum Gasteiger partial charge on any atom is 0.198 e. The molecule has 2 rings (SSSR count). The maximum atomic E-state index is 13.8. The lowest BCUT2D eigenvalue weighted by Gasteiger charge is -2.10. The third-order valence-corrected chi connectivity index (χ3v) is 2.91. The van der Waals surface area contributed by atoms with Crippen LogP contribution in [-0.2, 0) is 6.42 Å². The van der Waals surface area contributed by atoms with E-state index in [9.17, 15) is 13.2 Å². The summed E-state index contributed by atoms with van der Waals surface area (Å²) >= 11 is 5.57. The Hall–Kier alpha value is -1.72. The molecule has 0 aromatic heterocycles. The van der Waals surface area contributed by atoms with Gasteiger partial charge in [-0.2, -0.15) is 0 Å². The number of hydrogen-bond donors (Lipinski definition) is 1. The average molecular weight is 302 g/mol. The molecule has 0 unspecified atom stereocenters. The number of rotatable bonds is 4. The summed E-state index contributed by atoms with van der Waals surface area (Å²) in [5, 5.41) is -0.192. The van der Waals surface area contributed by atoms with Crippen molar-refractivity contribution in [3.05, 3.63) is 58.4 Å². The van der Waals surface area contributed by atoms with Gasteiger partial charge in [0.1, 0.15) is 0 Å². The summed E-state index contributed by atoms with van der Waals surface area (Å²) in [6.07, 6.45) is 0.333.